The number of hydrogen-bond acceptors (Lipinski definition) is 7. The number of ether oxygens (including phenoxy) is 2. The molecule has 4 rings (SSSR count). The Kier molecular flexibility index (Phi) is 7.81. The third-order valence-electron chi connectivity index (χ3n) is 5.07. The first-order valence-corrected chi connectivity index (χ1v) is 11.7. The van der Waals surface area contributed by atoms with E-state index in [-0.39, 0.29) is 0 Å². The Morgan fingerprint density at radius 1 is 1.03 bits per heavy atom. The highest BCUT2D eigenvalue weighted by molar-refractivity contribution is 7.99. The van der Waals surface area contributed by atoms with E-state index in [1.165, 1.54) is 0 Å². The fraction of sp³-hybridized carbons (Fsp3) is 0.391. The van der Waals surface area contributed by atoms with Gasteiger partial charge >= 0.3 is 0 Å². The van der Waals surface area contributed by atoms with Crippen molar-refractivity contribution in [3.63, 3.8) is 0 Å². The van der Waals surface area contributed by atoms with Crippen LogP contribution < -0.4 is 10.1 Å². The predicted octanol–water partition coefficient (Wildman–Crippen LogP) is 3.70. The Morgan fingerprint density at radius 2 is 1.81 bits per heavy atom. The molecule has 0 radical (unpaired) electrons. The maximum absolute atomic E-state index is 5.52. The Morgan fingerprint density at radius 3 is 2.55 bits per heavy atom. The predicted molar refractivity (Wildman–Crippen MR) is 124 cm³/mol. The molecule has 8 heteroatoms. The molecule has 0 amide bonds. The summed E-state index contributed by atoms with van der Waals surface area (Å²) in [5.74, 6) is 2.73. The van der Waals surface area contributed by atoms with E-state index in [0.717, 1.165) is 66.7 Å². The average molecular weight is 440 g/mol. The van der Waals surface area contributed by atoms with Crippen LogP contribution in [-0.2, 0) is 11.3 Å². The third-order valence-corrected chi connectivity index (χ3v) is 5.98. The maximum atomic E-state index is 5.52. The number of morpholine rings is 1. The van der Waals surface area contributed by atoms with Crippen LogP contribution in [0.15, 0.2) is 59.8 Å². The van der Waals surface area contributed by atoms with E-state index in [4.69, 9.17) is 9.47 Å². The summed E-state index contributed by atoms with van der Waals surface area (Å²) in [7, 11) is 0. The van der Waals surface area contributed by atoms with Gasteiger partial charge in [-0.05, 0) is 43.3 Å². The Hall–Kier alpha value is -2.55. The monoisotopic (exact) mass is 439 g/mol. The van der Waals surface area contributed by atoms with Crippen LogP contribution in [0.3, 0.4) is 0 Å². The second kappa shape index (κ2) is 11.2. The first-order valence-electron chi connectivity index (χ1n) is 10.7. The second-order valence-electron chi connectivity index (χ2n) is 7.18. The van der Waals surface area contributed by atoms with Gasteiger partial charge in [-0.3, -0.25) is 9.47 Å². The molecule has 1 aromatic heterocycles. The molecule has 0 spiro atoms. The number of aromatic nitrogens is 3. The standard InChI is InChI=1S/C23H29N5O2S/c1-2-30-21-10-8-19(9-11-21)24-18-22-25-26-23(28(22)20-6-4-3-5-7-20)31-17-14-27-12-15-29-16-13-27/h3-11,24H,2,12-18H2,1H3. The third kappa shape index (κ3) is 6.00. The molecule has 1 fully saturated rings. The summed E-state index contributed by atoms with van der Waals surface area (Å²) in [5, 5.41) is 13.4. The molecule has 1 aliphatic rings. The first-order chi connectivity index (χ1) is 15.3. The van der Waals surface area contributed by atoms with Crippen molar-refractivity contribution in [2.24, 2.45) is 0 Å². The molecule has 2 aromatic carbocycles. The van der Waals surface area contributed by atoms with Crippen molar-refractivity contribution in [3.05, 3.63) is 60.4 Å². The van der Waals surface area contributed by atoms with Gasteiger partial charge < -0.3 is 14.8 Å². The first kappa shape index (κ1) is 21.7. The molecule has 1 saturated heterocycles. The van der Waals surface area contributed by atoms with Crippen molar-refractivity contribution >= 4 is 17.4 Å². The van der Waals surface area contributed by atoms with Gasteiger partial charge in [-0.1, -0.05) is 30.0 Å². The number of benzene rings is 2. The van der Waals surface area contributed by atoms with Crippen LogP contribution in [0.25, 0.3) is 5.69 Å². The fourth-order valence-electron chi connectivity index (χ4n) is 3.45. The van der Waals surface area contributed by atoms with Crippen LogP contribution in [0.5, 0.6) is 5.75 Å². The SMILES string of the molecule is CCOc1ccc(NCc2nnc(SCCN3CCOCC3)n2-c2ccccc2)cc1. The minimum absolute atomic E-state index is 0.583. The van der Waals surface area contributed by atoms with Crippen LogP contribution in [0.1, 0.15) is 12.7 Å². The number of rotatable bonds is 10. The van der Waals surface area contributed by atoms with Gasteiger partial charge in [0.2, 0.25) is 0 Å². The van der Waals surface area contributed by atoms with Crippen LogP contribution in [0.2, 0.25) is 0 Å². The van der Waals surface area contributed by atoms with Crippen LogP contribution in [0.4, 0.5) is 5.69 Å². The molecule has 7 nitrogen and oxygen atoms in total. The summed E-state index contributed by atoms with van der Waals surface area (Å²) >= 11 is 1.75. The van der Waals surface area contributed by atoms with E-state index < -0.39 is 0 Å². The lowest BCUT2D eigenvalue weighted by molar-refractivity contribution is 0.0410. The number of nitrogens with zero attached hydrogens (tertiary/aromatic N) is 4. The molecule has 1 aliphatic heterocycles. The second-order valence-corrected chi connectivity index (χ2v) is 8.25. The van der Waals surface area contributed by atoms with Crippen molar-refractivity contribution in [1.29, 1.82) is 0 Å². The van der Waals surface area contributed by atoms with E-state index in [0.29, 0.717) is 13.2 Å². The molecule has 2 heterocycles. The molecule has 164 valence electrons. The van der Waals surface area contributed by atoms with E-state index in [1.54, 1.807) is 11.8 Å². The molecule has 1 N–H and O–H groups in total. The Labute approximate surface area is 187 Å². The molecule has 31 heavy (non-hydrogen) atoms. The lowest BCUT2D eigenvalue weighted by Crippen LogP contribution is -2.37. The lowest BCUT2D eigenvalue weighted by atomic mass is 10.3. The van der Waals surface area contributed by atoms with Gasteiger partial charge in [0, 0.05) is 36.8 Å². The number of thioether (sulfide) groups is 1. The van der Waals surface area contributed by atoms with Crippen LogP contribution in [0, 0.1) is 0 Å². The summed E-state index contributed by atoms with van der Waals surface area (Å²) in [5.41, 5.74) is 2.09. The van der Waals surface area contributed by atoms with E-state index >= 15 is 0 Å². The highest BCUT2D eigenvalue weighted by atomic mass is 32.2. The van der Waals surface area contributed by atoms with E-state index in [1.807, 2.05) is 49.4 Å². The summed E-state index contributed by atoms with van der Waals surface area (Å²) in [6.07, 6.45) is 0. The molecule has 3 aromatic rings. The van der Waals surface area contributed by atoms with Gasteiger partial charge in [-0.2, -0.15) is 0 Å². The van der Waals surface area contributed by atoms with Gasteiger partial charge in [0.25, 0.3) is 0 Å². The van der Waals surface area contributed by atoms with Crippen molar-refractivity contribution in [3.8, 4) is 11.4 Å². The molecule has 0 aliphatic carbocycles. The van der Waals surface area contributed by atoms with Crippen LogP contribution in [-0.4, -0.2) is 64.9 Å². The van der Waals surface area contributed by atoms with E-state index in [2.05, 4.69) is 37.1 Å². The molecule has 0 atom stereocenters. The Balaban J connectivity index is 1.44. The molecular formula is C23H29N5O2S. The fourth-order valence-corrected chi connectivity index (χ4v) is 4.42. The number of para-hydroxylation sites is 1. The van der Waals surface area contributed by atoms with Gasteiger partial charge in [0.05, 0.1) is 26.4 Å². The van der Waals surface area contributed by atoms with Crippen molar-refractivity contribution < 1.29 is 9.47 Å². The average Bonchev–Trinajstić information content (AvgIpc) is 3.23. The summed E-state index contributed by atoms with van der Waals surface area (Å²) in [6, 6.07) is 18.3. The summed E-state index contributed by atoms with van der Waals surface area (Å²) in [6.45, 7) is 7.91. The normalized spacial score (nSPS) is 14.5. The minimum Gasteiger partial charge on any atom is -0.494 e. The van der Waals surface area contributed by atoms with E-state index in [9.17, 15) is 0 Å². The minimum atomic E-state index is 0.583. The van der Waals surface area contributed by atoms with Crippen molar-refractivity contribution in [2.75, 3.05) is 50.5 Å². The van der Waals surface area contributed by atoms with Crippen LogP contribution >= 0.6 is 11.8 Å². The molecule has 0 saturated carbocycles. The molecular weight excluding hydrogens is 410 g/mol. The van der Waals surface area contributed by atoms with Crippen molar-refractivity contribution in [1.82, 2.24) is 19.7 Å². The number of anilines is 1. The maximum Gasteiger partial charge on any atom is 0.195 e. The molecule has 0 unspecified atom stereocenters. The zero-order valence-electron chi connectivity index (χ0n) is 17.9. The highest BCUT2D eigenvalue weighted by Gasteiger charge is 2.16. The van der Waals surface area contributed by atoms with Gasteiger partial charge in [-0.15, -0.1) is 10.2 Å². The van der Waals surface area contributed by atoms with Gasteiger partial charge in [0.15, 0.2) is 11.0 Å². The van der Waals surface area contributed by atoms with Gasteiger partial charge in [-0.25, -0.2) is 0 Å². The zero-order chi connectivity index (χ0) is 21.3. The van der Waals surface area contributed by atoms with Crippen molar-refractivity contribution in [2.45, 2.75) is 18.6 Å². The zero-order valence-corrected chi connectivity index (χ0v) is 18.7. The lowest BCUT2D eigenvalue weighted by Gasteiger charge is -2.26. The topological polar surface area (TPSA) is 64.4 Å². The summed E-state index contributed by atoms with van der Waals surface area (Å²) in [4.78, 5) is 2.44. The largest absolute Gasteiger partial charge is 0.494 e. The Bertz CT molecular complexity index is 927. The quantitative estimate of drug-likeness (QED) is 0.483. The smallest absolute Gasteiger partial charge is 0.195 e. The summed E-state index contributed by atoms with van der Waals surface area (Å²) < 4.78 is 13.1. The highest BCUT2D eigenvalue weighted by Crippen LogP contribution is 2.23. The number of nitrogens with one attached hydrogen (secondary N) is 1. The number of hydrogen-bond donors (Lipinski definition) is 1. The van der Waals surface area contributed by atoms with Gasteiger partial charge in [0.1, 0.15) is 5.75 Å². The molecule has 0 bridgehead atoms.